The number of hydrogen-bond acceptors (Lipinski definition) is 1. The Bertz CT molecular complexity index is 339. The lowest BCUT2D eigenvalue weighted by Crippen LogP contribution is -2.33. The fourth-order valence-electron chi connectivity index (χ4n) is 2.18. The van der Waals surface area contributed by atoms with E-state index in [1.54, 1.807) is 0 Å². The van der Waals surface area contributed by atoms with Gasteiger partial charge in [0.2, 0.25) is 0 Å². The highest BCUT2D eigenvalue weighted by Gasteiger charge is 2.35. The van der Waals surface area contributed by atoms with Gasteiger partial charge in [0.1, 0.15) is 0 Å². The Kier molecular flexibility index (Phi) is 4.37. The van der Waals surface area contributed by atoms with E-state index in [-0.39, 0.29) is 0 Å². The van der Waals surface area contributed by atoms with Crippen molar-refractivity contribution in [3.05, 3.63) is 35.4 Å². The Labute approximate surface area is 111 Å². The van der Waals surface area contributed by atoms with Crippen molar-refractivity contribution in [1.82, 2.24) is 0 Å². The molecule has 88 valence electrons. The summed E-state index contributed by atoms with van der Waals surface area (Å²) in [6, 6.07) is 8.87. The molecule has 16 heavy (non-hydrogen) atoms. The van der Waals surface area contributed by atoms with Gasteiger partial charge in [-0.2, -0.15) is 11.8 Å². The van der Waals surface area contributed by atoms with Crippen molar-refractivity contribution in [2.45, 2.75) is 31.9 Å². The highest BCUT2D eigenvalue weighted by Crippen LogP contribution is 2.45. The monoisotopic (exact) mass is 298 g/mol. The molecule has 1 aliphatic rings. The Morgan fingerprint density at radius 3 is 2.75 bits per heavy atom. The molecule has 0 saturated heterocycles. The third-order valence-corrected chi connectivity index (χ3v) is 6.00. The second-order valence-corrected chi connectivity index (χ2v) is 6.52. The largest absolute Gasteiger partial charge is 0.157 e. The molecule has 1 fully saturated rings. The van der Waals surface area contributed by atoms with E-state index in [1.807, 2.05) is 0 Å². The number of thioether (sulfide) groups is 1. The van der Waals surface area contributed by atoms with Gasteiger partial charge in [-0.3, -0.25) is 0 Å². The number of alkyl halides is 1. The molecule has 0 bridgehead atoms. The van der Waals surface area contributed by atoms with E-state index in [9.17, 15) is 0 Å². The molecule has 1 saturated carbocycles. The van der Waals surface area contributed by atoms with Crippen LogP contribution >= 0.6 is 27.7 Å². The first-order valence-corrected chi connectivity index (χ1v) is 8.21. The Balaban J connectivity index is 1.79. The predicted molar refractivity (Wildman–Crippen MR) is 77.4 cm³/mol. The molecule has 0 N–H and O–H groups in total. The first-order chi connectivity index (χ1) is 7.74. The lowest BCUT2D eigenvalue weighted by atomic mass is 9.72. The molecule has 0 aromatic heterocycles. The minimum absolute atomic E-state index is 0.620. The maximum Gasteiger partial charge on any atom is 0.0184 e. The molecule has 2 heteroatoms. The van der Waals surface area contributed by atoms with E-state index in [2.05, 4.69) is 58.9 Å². The van der Waals surface area contributed by atoms with Crippen LogP contribution in [0.5, 0.6) is 0 Å². The zero-order valence-electron chi connectivity index (χ0n) is 9.84. The minimum Gasteiger partial charge on any atom is -0.157 e. The molecule has 0 aliphatic heterocycles. The van der Waals surface area contributed by atoms with Crippen LogP contribution in [0, 0.1) is 12.3 Å². The first kappa shape index (κ1) is 12.5. The molecule has 0 amide bonds. The lowest BCUT2D eigenvalue weighted by molar-refractivity contribution is 0.206. The topological polar surface area (TPSA) is 0 Å². The van der Waals surface area contributed by atoms with E-state index < -0.39 is 0 Å². The molecule has 0 atom stereocenters. The summed E-state index contributed by atoms with van der Waals surface area (Å²) >= 11 is 5.76. The summed E-state index contributed by atoms with van der Waals surface area (Å²) in [5, 5.41) is 1.18. The standard InChI is InChI=1S/C14H19BrS/c1-12-4-2-5-13(8-12)9-16-11-14(10-15)6-3-7-14/h2,4-5,8H,3,6-7,9-11H2,1H3. The number of aryl methyl sites for hydroxylation is 1. The average Bonchev–Trinajstić information content (AvgIpc) is 2.22. The van der Waals surface area contributed by atoms with Gasteiger partial charge in [0.25, 0.3) is 0 Å². The zero-order valence-corrected chi connectivity index (χ0v) is 12.2. The normalized spacial score (nSPS) is 18.1. The van der Waals surface area contributed by atoms with Crippen LogP contribution in [0.4, 0.5) is 0 Å². The van der Waals surface area contributed by atoms with Gasteiger partial charge in [0.15, 0.2) is 0 Å². The maximum absolute atomic E-state index is 3.67. The third-order valence-electron chi connectivity index (χ3n) is 3.46. The van der Waals surface area contributed by atoms with E-state index in [0.29, 0.717) is 5.41 Å². The van der Waals surface area contributed by atoms with Crippen molar-refractivity contribution < 1.29 is 0 Å². The third kappa shape index (κ3) is 3.04. The fraction of sp³-hybridized carbons (Fsp3) is 0.571. The molecule has 0 spiro atoms. The van der Waals surface area contributed by atoms with Crippen molar-refractivity contribution in [2.75, 3.05) is 11.1 Å². The van der Waals surface area contributed by atoms with E-state index in [4.69, 9.17) is 0 Å². The van der Waals surface area contributed by atoms with E-state index >= 15 is 0 Å². The van der Waals surface area contributed by atoms with Crippen LogP contribution in [0.3, 0.4) is 0 Å². The molecule has 1 aromatic rings. The SMILES string of the molecule is Cc1cccc(CSCC2(CBr)CCC2)c1. The van der Waals surface area contributed by atoms with Crippen LogP contribution in [0.1, 0.15) is 30.4 Å². The second-order valence-electron chi connectivity index (χ2n) is 4.97. The van der Waals surface area contributed by atoms with E-state index in [1.165, 1.54) is 41.5 Å². The van der Waals surface area contributed by atoms with Crippen molar-refractivity contribution >= 4 is 27.7 Å². The lowest BCUT2D eigenvalue weighted by Gasteiger charge is -2.40. The summed E-state index contributed by atoms with van der Waals surface area (Å²) in [5.41, 5.74) is 3.46. The van der Waals surface area contributed by atoms with Gasteiger partial charge < -0.3 is 0 Å². The van der Waals surface area contributed by atoms with Crippen molar-refractivity contribution in [3.63, 3.8) is 0 Å². The fourth-order valence-corrected chi connectivity index (χ4v) is 4.54. The number of benzene rings is 1. The highest BCUT2D eigenvalue weighted by atomic mass is 79.9. The van der Waals surface area contributed by atoms with E-state index in [0.717, 1.165) is 5.75 Å². The predicted octanol–water partition coefficient (Wildman–Crippen LogP) is 4.79. The van der Waals surface area contributed by atoms with Crippen LogP contribution in [0.25, 0.3) is 0 Å². The van der Waals surface area contributed by atoms with Gasteiger partial charge in [-0.05, 0) is 30.7 Å². The molecule has 0 unspecified atom stereocenters. The van der Waals surface area contributed by atoms with Gasteiger partial charge >= 0.3 is 0 Å². The van der Waals surface area contributed by atoms with Gasteiger partial charge in [0, 0.05) is 16.8 Å². The Morgan fingerprint density at radius 1 is 1.38 bits per heavy atom. The molecule has 1 aliphatic carbocycles. The summed E-state index contributed by atoms with van der Waals surface area (Å²) < 4.78 is 0. The average molecular weight is 299 g/mol. The number of halogens is 1. The summed E-state index contributed by atoms with van der Waals surface area (Å²) in [6.07, 6.45) is 4.26. The van der Waals surface area contributed by atoms with Crippen molar-refractivity contribution in [1.29, 1.82) is 0 Å². The van der Waals surface area contributed by atoms with Crippen molar-refractivity contribution in [2.24, 2.45) is 5.41 Å². The molecule has 1 aromatic carbocycles. The highest BCUT2D eigenvalue weighted by molar-refractivity contribution is 9.09. The summed E-state index contributed by atoms with van der Waals surface area (Å²) in [6.45, 7) is 2.17. The molecule has 0 heterocycles. The van der Waals surface area contributed by atoms with Gasteiger partial charge in [0.05, 0.1) is 0 Å². The van der Waals surface area contributed by atoms with Gasteiger partial charge in [-0.25, -0.2) is 0 Å². The molecular formula is C14H19BrS. The summed E-state index contributed by atoms with van der Waals surface area (Å²) in [5.74, 6) is 2.47. The minimum atomic E-state index is 0.620. The first-order valence-electron chi connectivity index (χ1n) is 5.93. The Morgan fingerprint density at radius 2 is 2.19 bits per heavy atom. The Hall–Kier alpha value is 0.0500. The van der Waals surface area contributed by atoms with Crippen molar-refractivity contribution in [3.8, 4) is 0 Å². The van der Waals surface area contributed by atoms with Gasteiger partial charge in [-0.15, -0.1) is 0 Å². The molecule has 0 nitrogen and oxygen atoms in total. The number of hydrogen-bond donors (Lipinski definition) is 0. The van der Waals surface area contributed by atoms with Gasteiger partial charge in [-0.1, -0.05) is 52.2 Å². The molecular weight excluding hydrogens is 280 g/mol. The number of rotatable bonds is 5. The summed E-state index contributed by atoms with van der Waals surface area (Å²) in [7, 11) is 0. The maximum atomic E-state index is 3.67. The van der Waals surface area contributed by atoms with Crippen LogP contribution in [0.2, 0.25) is 0 Å². The van der Waals surface area contributed by atoms with Crippen LogP contribution in [-0.4, -0.2) is 11.1 Å². The second kappa shape index (κ2) is 5.59. The molecule has 0 radical (unpaired) electrons. The zero-order chi connectivity index (χ0) is 11.4. The molecule has 2 rings (SSSR count). The smallest absolute Gasteiger partial charge is 0.0184 e. The summed E-state index contributed by atoms with van der Waals surface area (Å²) in [4.78, 5) is 0. The van der Waals surface area contributed by atoms with Crippen LogP contribution in [-0.2, 0) is 5.75 Å². The van der Waals surface area contributed by atoms with Crippen LogP contribution < -0.4 is 0 Å². The van der Waals surface area contributed by atoms with Crippen LogP contribution in [0.15, 0.2) is 24.3 Å². The quantitative estimate of drug-likeness (QED) is 0.704.